The second-order valence-corrected chi connectivity index (χ2v) is 7.11. The van der Waals surface area contributed by atoms with Crippen LogP contribution in [-0.2, 0) is 5.41 Å². The van der Waals surface area contributed by atoms with Gasteiger partial charge in [-0.25, -0.2) is 8.78 Å². The van der Waals surface area contributed by atoms with Gasteiger partial charge in [0, 0.05) is 26.1 Å². The van der Waals surface area contributed by atoms with E-state index < -0.39 is 6.43 Å². The van der Waals surface area contributed by atoms with Gasteiger partial charge in [0.25, 0.3) is 0 Å². The van der Waals surface area contributed by atoms with Crippen LogP contribution in [0.15, 0.2) is 24.3 Å². The normalized spacial score (nSPS) is 17.9. The van der Waals surface area contributed by atoms with Crippen LogP contribution in [-0.4, -0.2) is 37.1 Å². The van der Waals surface area contributed by atoms with Crippen molar-refractivity contribution in [2.45, 2.75) is 58.0 Å². The van der Waals surface area contributed by atoms with E-state index in [0.717, 1.165) is 31.7 Å². The molecule has 0 amide bonds. The number of likely N-dealkylation sites (tertiary alicyclic amines) is 1. The van der Waals surface area contributed by atoms with Gasteiger partial charge in [0.1, 0.15) is 11.9 Å². The van der Waals surface area contributed by atoms with E-state index in [2.05, 4.69) is 37.8 Å². The minimum absolute atomic E-state index is 0.0280. The third-order valence-electron chi connectivity index (χ3n) is 4.22. The number of hydrogen-bond donors (Lipinski definition) is 0. The zero-order valence-electron chi connectivity index (χ0n) is 13.8. The number of alkyl halides is 2. The summed E-state index contributed by atoms with van der Waals surface area (Å²) in [7, 11) is 0. The average molecular weight is 311 g/mol. The Kier molecular flexibility index (Phi) is 5.79. The average Bonchev–Trinajstić information content (AvgIpc) is 2.46. The van der Waals surface area contributed by atoms with Crippen molar-refractivity contribution in [2.75, 3.05) is 19.6 Å². The van der Waals surface area contributed by atoms with Crippen molar-refractivity contribution in [1.82, 2.24) is 4.90 Å². The summed E-state index contributed by atoms with van der Waals surface area (Å²) in [6.45, 7) is 8.76. The van der Waals surface area contributed by atoms with Crippen LogP contribution in [0.5, 0.6) is 5.75 Å². The van der Waals surface area contributed by atoms with Gasteiger partial charge in [-0.3, -0.25) is 0 Å². The van der Waals surface area contributed by atoms with E-state index in [9.17, 15) is 8.78 Å². The summed E-state index contributed by atoms with van der Waals surface area (Å²) in [6.07, 6.45) is -0.215. The quantitative estimate of drug-likeness (QED) is 0.795. The van der Waals surface area contributed by atoms with Crippen molar-refractivity contribution in [3.05, 3.63) is 29.8 Å². The highest BCUT2D eigenvalue weighted by Crippen LogP contribution is 2.26. The van der Waals surface area contributed by atoms with Crippen LogP contribution in [0.1, 0.15) is 45.6 Å². The first kappa shape index (κ1) is 17.2. The standard InChI is InChI=1S/C18H27F2NO/c1-18(2,3)14-4-6-15(7-5-14)22-16-8-11-21(12-9-16)13-10-17(19)20/h4-7,16-17H,8-13H2,1-3H3. The molecule has 0 spiro atoms. The fourth-order valence-electron chi connectivity index (χ4n) is 2.76. The molecule has 0 aromatic heterocycles. The van der Waals surface area contributed by atoms with Crippen molar-refractivity contribution in [1.29, 1.82) is 0 Å². The van der Waals surface area contributed by atoms with Crippen molar-refractivity contribution >= 4 is 0 Å². The number of halogens is 2. The SMILES string of the molecule is CC(C)(C)c1ccc(OC2CCN(CCC(F)F)CC2)cc1. The number of benzene rings is 1. The highest BCUT2D eigenvalue weighted by Gasteiger charge is 2.21. The minimum atomic E-state index is -2.20. The number of rotatable bonds is 5. The van der Waals surface area contributed by atoms with Gasteiger partial charge in [-0.05, 0) is 36.0 Å². The smallest absolute Gasteiger partial charge is 0.239 e. The molecule has 0 bridgehead atoms. The number of hydrogen-bond acceptors (Lipinski definition) is 2. The van der Waals surface area contributed by atoms with Gasteiger partial charge in [0.15, 0.2) is 0 Å². The lowest BCUT2D eigenvalue weighted by Gasteiger charge is -2.32. The molecule has 1 heterocycles. The van der Waals surface area contributed by atoms with Crippen molar-refractivity contribution in [3.8, 4) is 5.75 Å². The Balaban J connectivity index is 1.78. The van der Waals surface area contributed by atoms with E-state index >= 15 is 0 Å². The van der Waals surface area contributed by atoms with E-state index in [1.807, 2.05) is 12.1 Å². The van der Waals surface area contributed by atoms with Crippen molar-refractivity contribution in [3.63, 3.8) is 0 Å². The zero-order valence-corrected chi connectivity index (χ0v) is 13.8. The van der Waals surface area contributed by atoms with Crippen molar-refractivity contribution < 1.29 is 13.5 Å². The van der Waals surface area contributed by atoms with Crippen LogP contribution in [0.3, 0.4) is 0 Å². The number of piperidine rings is 1. The molecule has 0 atom stereocenters. The fourth-order valence-corrected chi connectivity index (χ4v) is 2.76. The molecule has 0 N–H and O–H groups in total. The topological polar surface area (TPSA) is 12.5 Å². The molecular formula is C18H27F2NO. The van der Waals surface area contributed by atoms with Crippen LogP contribution >= 0.6 is 0 Å². The van der Waals surface area contributed by atoms with Crippen LogP contribution in [0.25, 0.3) is 0 Å². The molecule has 1 aliphatic rings. The summed E-state index contributed by atoms with van der Waals surface area (Å²) in [5.74, 6) is 0.902. The Morgan fingerprint density at radius 3 is 2.23 bits per heavy atom. The molecule has 22 heavy (non-hydrogen) atoms. The molecule has 0 aliphatic carbocycles. The summed E-state index contributed by atoms with van der Waals surface area (Å²) in [5, 5.41) is 0. The number of ether oxygens (including phenoxy) is 1. The maximum Gasteiger partial charge on any atom is 0.239 e. The second-order valence-electron chi connectivity index (χ2n) is 7.11. The largest absolute Gasteiger partial charge is 0.490 e. The molecule has 0 unspecified atom stereocenters. The summed E-state index contributed by atoms with van der Waals surface area (Å²) < 4.78 is 30.5. The minimum Gasteiger partial charge on any atom is -0.490 e. The Morgan fingerprint density at radius 2 is 1.73 bits per heavy atom. The molecular weight excluding hydrogens is 284 g/mol. The molecule has 4 heteroatoms. The summed E-state index contributed by atoms with van der Waals surface area (Å²) >= 11 is 0. The van der Waals surface area contributed by atoms with Gasteiger partial charge < -0.3 is 9.64 Å². The van der Waals surface area contributed by atoms with Gasteiger partial charge in [0.2, 0.25) is 6.43 Å². The third kappa shape index (κ3) is 5.24. The molecule has 1 fully saturated rings. The summed E-state index contributed by atoms with van der Waals surface area (Å²) in [6, 6.07) is 8.30. The van der Waals surface area contributed by atoms with Crippen LogP contribution in [0, 0.1) is 0 Å². The monoisotopic (exact) mass is 311 g/mol. The predicted molar refractivity (Wildman–Crippen MR) is 85.9 cm³/mol. The van der Waals surface area contributed by atoms with E-state index in [0.29, 0.717) is 6.54 Å². The van der Waals surface area contributed by atoms with E-state index in [1.54, 1.807) is 0 Å². The molecule has 2 rings (SSSR count). The molecule has 1 aliphatic heterocycles. The predicted octanol–water partition coefficient (Wildman–Crippen LogP) is 4.48. The van der Waals surface area contributed by atoms with Crippen LogP contribution in [0.4, 0.5) is 8.78 Å². The van der Waals surface area contributed by atoms with Gasteiger partial charge in [-0.1, -0.05) is 32.9 Å². The number of nitrogens with zero attached hydrogens (tertiary/aromatic N) is 1. The van der Waals surface area contributed by atoms with E-state index in [1.165, 1.54) is 5.56 Å². The molecule has 0 radical (unpaired) electrons. The molecule has 124 valence electrons. The lowest BCUT2D eigenvalue weighted by molar-refractivity contribution is 0.0766. The Morgan fingerprint density at radius 1 is 1.14 bits per heavy atom. The first-order chi connectivity index (χ1) is 10.3. The second kappa shape index (κ2) is 7.40. The fraction of sp³-hybridized carbons (Fsp3) is 0.667. The Bertz CT molecular complexity index is 445. The molecule has 2 nitrogen and oxygen atoms in total. The Hall–Kier alpha value is -1.16. The van der Waals surface area contributed by atoms with Crippen LogP contribution < -0.4 is 4.74 Å². The summed E-state index contributed by atoms with van der Waals surface area (Å²) in [5.41, 5.74) is 1.44. The molecule has 1 aromatic carbocycles. The van der Waals surface area contributed by atoms with Crippen molar-refractivity contribution in [2.24, 2.45) is 0 Å². The first-order valence-corrected chi connectivity index (χ1v) is 8.12. The lowest BCUT2D eigenvalue weighted by atomic mass is 9.87. The van der Waals surface area contributed by atoms with Gasteiger partial charge in [0.05, 0.1) is 0 Å². The Labute approximate surface area is 132 Å². The van der Waals surface area contributed by atoms with Gasteiger partial charge in [-0.15, -0.1) is 0 Å². The first-order valence-electron chi connectivity index (χ1n) is 8.12. The van der Waals surface area contributed by atoms with Gasteiger partial charge in [-0.2, -0.15) is 0 Å². The van der Waals surface area contributed by atoms with Gasteiger partial charge >= 0.3 is 0 Å². The molecule has 1 saturated heterocycles. The third-order valence-corrected chi connectivity index (χ3v) is 4.22. The van der Waals surface area contributed by atoms with E-state index in [4.69, 9.17) is 4.74 Å². The summed E-state index contributed by atoms with van der Waals surface area (Å²) in [4.78, 5) is 2.11. The maximum atomic E-state index is 12.2. The molecule has 0 saturated carbocycles. The highest BCUT2D eigenvalue weighted by atomic mass is 19.3. The zero-order chi connectivity index (χ0) is 16.2. The van der Waals surface area contributed by atoms with E-state index in [-0.39, 0.29) is 17.9 Å². The van der Waals surface area contributed by atoms with Crippen LogP contribution in [0.2, 0.25) is 0 Å². The maximum absolute atomic E-state index is 12.2. The highest BCUT2D eigenvalue weighted by molar-refractivity contribution is 5.31. The molecule has 1 aromatic rings. The lowest BCUT2D eigenvalue weighted by Crippen LogP contribution is -2.39.